The van der Waals surface area contributed by atoms with E-state index in [1.807, 2.05) is 26.8 Å². The minimum absolute atomic E-state index is 0.271. The zero-order valence-corrected chi connectivity index (χ0v) is 29.6. The van der Waals surface area contributed by atoms with Crippen molar-refractivity contribution >= 4 is 17.9 Å². The van der Waals surface area contributed by atoms with Crippen LogP contribution in [0.5, 0.6) is 0 Å². The molecule has 0 aromatic rings. The molecule has 0 heterocycles. The second kappa shape index (κ2) is 28.3. The van der Waals surface area contributed by atoms with Crippen LogP contribution in [0.15, 0.2) is 12.7 Å². The number of rotatable bonds is 34. The van der Waals surface area contributed by atoms with Crippen LogP contribution < -0.4 is 0 Å². The van der Waals surface area contributed by atoms with Crippen LogP contribution in [0.25, 0.3) is 0 Å². The molecule has 3 atom stereocenters. The summed E-state index contributed by atoms with van der Waals surface area (Å²) < 4.78 is -0.369. The molecule has 7 nitrogen and oxygen atoms in total. The molecule has 0 radical (unpaired) electrons. The number of carboxylic acid groups (broad SMARTS) is 3. The largest absolute Gasteiger partial charge is 0.477 e. The maximum absolute atomic E-state index is 12.6. The smallest absolute Gasteiger partial charge is 0.362 e. The summed E-state index contributed by atoms with van der Waals surface area (Å²) in [5.74, 6) is -3.24. The summed E-state index contributed by atoms with van der Waals surface area (Å²) in [6, 6.07) is -3.13. The quantitative estimate of drug-likeness (QED) is 0.0367. The van der Waals surface area contributed by atoms with Crippen molar-refractivity contribution in [3.05, 3.63) is 12.7 Å². The first-order valence-corrected chi connectivity index (χ1v) is 18.9. The molecule has 0 saturated carbocycles. The van der Waals surface area contributed by atoms with Gasteiger partial charge < -0.3 is 15.3 Å². The van der Waals surface area contributed by atoms with Crippen molar-refractivity contribution in [2.24, 2.45) is 0 Å². The molecule has 0 aliphatic carbocycles. The predicted molar refractivity (Wildman–Crippen MR) is 187 cm³/mol. The van der Waals surface area contributed by atoms with Crippen molar-refractivity contribution in [1.82, 2.24) is 0 Å². The van der Waals surface area contributed by atoms with E-state index < -0.39 is 36.0 Å². The van der Waals surface area contributed by atoms with Crippen molar-refractivity contribution in [2.75, 3.05) is 6.54 Å². The Balaban J connectivity index is 4.61. The number of unbranched alkanes of at least 4 members (excludes halogenated alkanes) is 19. The topological polar surface area (TPSA) is 112 Å². The predicted octanol–water partition coefficient (Wildman–Crippen LogP) is 10.6. The Labute approximate surface area is 276 Å². The zero-order valence-electron chi connectivity index (χ0n) is 29.6. The van der Waals surface area contributed by atoms with Gasteiger partial charge in [-0.3, -0.25) is 4.48 Å². The molecule has 0 bridgehead atoms. The van der Waals surface area contributed by atoms with Gasteiger partial charge in [0.1, 0.15) is 0 Å². The molecule has 0 amide bonds. The highest BCUT2D eigenvalue weighted by Crippen LogP contribution is 2.34. The molecular formula is C38H72NO6+. The minimum atomic E-state index is -1.08. The summed E-state index contributed by atoms with van der Waals surface area (Å²) >= 11 is 0. The number of hydrogen-bond acceptors (Lipinski definition) is 3. The van der Waals surface area contributed by atoms with E-state index in [9.17, 15) is 29.7 Å². The lowest BCUT2D eigenvalue weighted by molar-refractivity contribution is -0.973. The van der Waals surface area contributed by atoms with Crippen LogP contribution in [-0.4, -0.2) is 62.4 Å². The fraction of sp³-hybridized carbons (Fsp3) is 0.868. The molecule has 0 fully saturated rings. The first kappa shape index (κ1) is 43.1. The molecule has 0 spiro atoms. The van der Waals surface area contributed by atoms with E-state index in [0.29, 0.717) is 25.7 Å². The third kappa shape index (κ3) is 18.1. The second-order valence-electron chi connectivity index (χ2n) is 13.4. The highest BCUT2D eigenvalue weighted by atomic mass is 16.4. The number of aliphatic carboxylic acids is 3. The van der Waals surface area contributed by atoms with Gasteiger partial charge in [0.2, 0.25) is 0 Å². The standard InChI is InChI=1S/C38H71NO6/c1-5-9-10-11-12-13-14-15-16-17-18-19-20-21-22-23-24-25-26-27-28-32-39(33(29-6-2)36(40)41,34(30-7-3)37(42)43)35(31-8-4)38(44)45/h5,33-35H,1,6-32H2,2-4H3,(H2-,40,41,42,43,44,45)/p+1. The monoisotopic (exact) mass is 639 g/mol. The molecule has 3 unspecified atom stereocenters. The van der Waals surface area contributed by atoms with E-state index >= 15 is 0 Å². The second-order valence-corrected chi connectivity index (χ2v) is 13.4. The summed E-state index contributed by atoms with van der Waals surface area (Å²) in [7, 11) is 0. The van der Waals surface area contributed by atoms with E-state index in [-0.39, 0.29) is 30.3 Å². The van der Waals surface area contributed by atoms with Gasteiger partial charge in [0.25, 0.3) is 0 Å². The first-order chi connectivity index (χ1) is 21.7. The molecule has 0 rings (SSSR count). The van der Waals surface area contributed by atoms with E-state index in [1.54, 1.807) is 0 Å². The lowest BCUT2D eigenvalue weighted by Gasteiger charge is -2.50. The van der Waals surface area contributed by atoms with Gasteiger partial charge in [-0.1, -0.05) is 130 Å². The fourth-order valence-corrected chi connectivity index (χ4v) is 7.33. The lowest BCUT2D eigenvalue weighted by Crippen LogP contribution is -2.72. The third-order valence-corrected chi connectivity index (χ3v) is 9.74. The Morgan fingerprint density at radius 2 is 0.733 bits per heavy atom. The Kier molecular flexibility index (Phi) is 27.2. The van der Waals surface area contributed by atoms with Crippen molar-refractivity contribution in [3.8, 4) is 0 Å². The number of carbonyl (C=O) groups is 3. The van der Waals surface area contributed by atoms with Crippen LogP contribution in [0.4, 0.5) is 0 Å². The van der Waals surface area contributed by atoms with Crippen LogP contribution in [-0.2, 0) is 14.4 Å². The van der Waals surface area contributed by atoms with Crippen LogP contribution in [0.3, 0.4) is 0 Å². The van der Waals surface area contributed by atoms with Gasteiger partial charge in [0.05, 0.1) is 6.54 Å². The highest BCUT2D eigenvalue weighted by Gasteiger charge is 2.56. The minimum Gasteiger partial charge on any atom is -0.477 e. The molecular weight excluding hydrogens is 566 g/mol. The molecule has 264 valence electrons. The Morgan fingerprint density at radius 1 is 0.489 bits per heavy atom. The molecule has 0 aliphatic rings. The van der Waals surface area contributed by atoms with Crippen LogP contribution in [0.2, 0.25) is 0 Å². The molecule has 45 heavy (non-hydrogen) atoms. The number of hydrogen-bond donors (Lipinski definition) is 3. The van der Waals surface area contributed by atoms with E-state index in [0.717, 1.165) is 25.7 Å². The molecule has 0 aromatic heterocycles. The summed E-state index contributed by atoms with van der Waals surface area (Å²) in [4.78, 5) is 37.8. The third-order valence-electron chi connectivity index (χ3n) is 9.74. The Morgan fingerprint density at radius 3 is 0.956 bits per heavy atom. The van der Waals surface area contributed by atoms with Gasteiger partial charge in [-0.15, -0.1) is 6.58 Å². The van der Waals surface area contributed by atoms with Crippen molar-refractivity contribution in [1.29, 1.82) is 0 Å². The normalized spacial score (nSPS) is 14.8. The maximum atomic E-state index is 12.6. The van der Waals surface area contributed by atoms with Gasteiger partial charge in [-0.25, -0.2) is 14.4 Å². The average Bonchev–Trinajstić information content (AvgIpc) is 3.00. The zero-order chi connectivity index (χ0) is 33.8. The number of carboxylic acids is 3. The van der Waals surface area contributed by atoms with E-state index in [1.165, 1.54) is 96.3 Å². The molecule has 7 heteroatoms. The first-order valence-electron chi connectivity index (χ1n) is 18.9. The van der Waals surface area contributed by atoms with Crippen molar-refractivity contribution < 1.29 is 34.2 Å². The maximum Gasteiger partial charge on any atom is 0.362 e. The summed E-state index contributed by atoms with van der Waals surface area (Å²) in [5, 5.41) is 30.9. The summed E-state index contributed by atoms with van der Waals surface area (Å²) in [6.45, 7) is 9.71. The van der Waals surface area contributed by atoms with Gasteiger partial charge >= 0.3 is 17.9 Å². The van der Waals surface area contributed by atoms with Gasteiger partial charge in [0.15, 0.2) is 18.1 Å². The van der Waals surface area contributed by atoms with E-state index in [4.69, 9.17) is 0 Å². The fourth-order valence-electron chi connectivity index (χ4n) is 7.33. The average molecular weight is 639 g/mol. The molecule has 0 aliphatic heterocycles. The van der Waals surface area contributed by atoms with Gasteiger partial charge in [-0.05, 0) is 44.9 Å². The molecule has 3 N–H and O–H groups in total. The van der Waals surface area contributed by atoms with Crippen molar-refractivity contribution in [2.45, 2.75) is 206 Å². The number of nitrogens with zero attached hydrogens (tertiary/aromatic N) is 1. The number of quaternary nitrogens is 1. The SMILES string of the molecule is C=CCCCCCCCCCCCCCCCCCCCCC[N+](C(CCC)C(=O)O)(C(CCC)C(=O)O)C(CCC)C(=O)O. The summed E-state index contributed by atoms with van der Waals surface area (Å²) in [5.41, 5.74) is 0. The Hall–Kier alpha value is -1.89. The van der Waals surface area contributed by atoms with Crippen LogP contribution >= 0.6 is 0 Å². The Bertz CT molecular complexity index is 710. The van der Waals surface area contributed by atoms with Crippen molar-refractivity contribution in [3.63, 3.8) is 0 Å². The molecule has 0 aromatic carbocycles. The summed E-state index contributed by atoms with van der Waals surface area (Å²) in [6.07, 6.45) is 29.3. The van der Waals surface area contributed by atoms with Gasteiger partial charge in [0, 0.05) is 19.3 Å². The van der Waals surface area contributed by atoms with Crippen LogP contribution in [0, 0.1) is 0 Å². The molecule has 0 saturated heterocycles. The number of allylic oxidation sites excluding steroid dienone is 1. The van der Waals surface area contributed by atoms with Gasteiger partial charge in [-0.2, -0.15) is 0 Å². The van der Waals surface area contributed by atoms with E-state index in [2.05, 4.69) is 6.58 Å². The highest BCUT2D eigenvalue weighted by molar-refractivity contribution is 5.78. The van der Waals surface area contributed by atoms with Crippen LogP contribution in [0.1, 0.15) is 188 Å². The lowest BCUT2D eigenvalue weighted by atomic mass is 9.91.